The Morgan fingerprint density at radius 1 is 1.05 bits per heavy atom. The van der Waals surface area contributed by atoms with Gasteiger partial charge in [-0.3, -0.25) is 19.1 Å². The lowest BCUT2D eigenvalue weighted by atomic mass is 9.71. The highest BCUT2D eigenvalue weighted by molar-refractivity contribution is 6.34. The van der Waals surface area contributed by atoms with Crippen molar-refractivity contribution < 1.29 is 45.8 Å². The number of hydrogen-bond acceptors (Lipinski definition) is 4. The number of carboxylic acid groups (broad SMARTS) is 1. The Hall–Kier alpha value is -3.09. The number of alkyl halides is 6. The number of benzene rings is 1. The van der Waals surface area contributed by atoms with Crippen molar-refractivity contribution in [3.63, 3.8) is 0 Å². The highest BCUT2D eigenvalue weighted by Gasteiger charge is 2.53. The minimum atomic E-state index is -5.04. The molecule has 0 aliphatic heterocycles. The zero-order valence-corrected chi connectivity index (χ0v) is 24.0. The average molecular weight is 634 g/mol. The van der Waals surface area contributed by atoms with Gasteiger partial charge in [0.25, 0.3) is 5.91 Å². The second-order valence-electron chi connectivity index (χ2n) is 12.5. The standard InChI is InChI=1S/C29H30ClF6N3O4/c1-26(25(42)43)7-5-17(6-8-26)39-23(29(34,35)36)18(13-37-39)24(41)38(14-16-11-27(12-16)9-10-27)15-21(40)22-19(28(31,32)33)3-2-4-20(22)30/h2-4,13,16-17H,5-12,14-15H2,1H3,(H,42,43)/t17-,26-. The van der Waals surface area contributed by atoms with Crippen molar-refractivity contribution in [2.75, 3.05) is 13.1 Å². The zero-order valence-electron chi connectivity index (χ0n) is 23.2. The minimum Gasteiger partial charge on any atom is -0.481 e. The molecule has 0 saturated heterocycles. The predicted molar refractivity (Wildman–Crippen MR) is 142 cm³/mol. The summed E-state index contributed by atoms with van der Waals surface area (Å²) in [6, 6.07) is 1.99. The smallest absolute Gasteiger partial charge is 0.433 e. The van der Waals surface area contributed by atoms with Crippen LogP contribution in [-0.2, 0) is 17.1 Å². The lowest BCUT2D eigenvalue weighted by Gasteiger charge is -2.39. The van der Waals surface area contributed by atoms with Gasteiger partial charge in [-0.2, -0.15) is 31.4 Å². The van der Waals surface area contributed by atoms with Crippen LogP contribution in [0.5, 0.6) is 0 Å². The molecule has 2 aromatic rings. The van der Waals surface area contributed by atoms with E-state index >= 15 is 0 Å². The number of carbonyl (C=O) groups excluding carboxylic acids is 2. The van der Waals surface area contributed by atoms with E-state index in [1.807, 2.05) is 0 Å². The van der Waals surface area contributed by atoms with Crippen molar-refractivity contribution >= 4 is 29.3 Å². The van der Waals surface area contributed by atoms with Gasteiger partial charge in [-0.25, -0.2) is 0 Å². The Morgan fingerprint density at radius 2 is 1.67 bits per heavy atom. The largest absolute Gasteiger partial charge is 0.481 e. The number of aromatic nitrogens is 2. The summed E-state index contributed by atoms with van der Waals surface area (Å²) < 4.78 is 85.3. The quantitative estimate of drug-likeness (QED) is 0.243. The number of halogens is 7. The fourth-order valence-corrected chi connectivity index (χ4v) is 6.93. The molecule has 0 bridgehead atoms. The van der Waals surface area contributed by atoms with Crippen LogP contribution in [-0.4, -0.2) is 50.5 Å². The SMILES string of the molecule is C[C@]1(C(=O)O)CC[C@H](n2ncc(C(=O)N(CC(=O)c3c(Cl)cccc3C(F)(F)F)CC3CC4(CC4)C3)c2C(F)(F)F)CC1. The van der Waals surface area contributed by atoms with Crippen molar-refractivity contribution in [2.45, 2.75) is 76.7 Å². The molecule has 1 aromatic carbocycles. The molecule has 3 aliphatic rings. The van der Waals surface area contributed by atoms with Crippen molar-refractivity contribution in [3.05, 3.63) is 51.8 Å². The molecule has 0 atom stereocenters. The summed E-state index contributed by atoms with van der Waals surface area (Å²) >= 11 is 5.99. The third-order valence-electron chi connectivity index (χ3n) is 9.31. The van der Waals surface area contributed by atoms with E-state index in [9.17, 15) is 45.8 Å². The molecule has 3 aliphatic carbocycles. The summed E-state index contributed by atoms with van der Waals surface area (Å²) in [5, 5.41) is 12.9. The topological polar surface area (TPSA) is 92.5 Å². The second kappa shape index (κ2) is 10.8. The molecular weight excluding hydrogens is 604 g/mol. The van der Waals surface area contributed by atoms with Gasteiger partial charge in [-0.15, -0.1) is 0 Å². The first-order valence-corrected chi connectivity index (χ1v) is 14.4. The van der Waals surface area contributed by atoms with Gasteiger partial charge in [0.1, 0.15) is 0 Å². The van der Waals surface area contributed by atoms with Crippen molar-refractivity contribution in [1.82, 2.24) is 14.7 Å². The van der Waals surface area contributed by atoms with E-state index in [0.717, 1.165) is 36.1 Å². The number of nitrogens with zero attached hydrogens (tertiary/aromatic N) is 3. The molecule has 1 aromatic heterocycles. The predicted octanol–water partition coefficient (Wildman–Crippen LogP) is 7.30. The monoisotopic (exact) mass is 633 g/mol. The summed E-state index contributed by atoms with van der Waals surface area (Å²) in [6.07, 6.45) is -5.40. The molecule has 14 heteroatoms. The Bertz CT molecular complexity index is 1430. The third kappa shape index (κ3) is 6.14. The molecule has 0 radical (unpaired) electrons. The molecule has 3 saturated carbocycles. The Kier molecular flexibility index (Phi) is 7.88. The first-order valence-electron chi connectivity index (χ1n) is 14.0. The number of hydrogen-bond donors (Lipinski definition) is 1. The van der Waals surface area contributed by atoms with Crippen LogP contribution in [0.2, 0.25) is 5.02 Å². The van der Waals surface area contributed by atoms with E-state index in [2.05, 4.69) is 5.10 Å². The summed E-state index contributed by atoms with van der Waals surface area (Å²) in [5.74, 6) is -3.48. The van der Waals surface area contributed by atoms with E-state index in [1.54, 1.807) is 0 Å². The van der Waals surface area contributed by atoms with Crippen molar-refractivity contribution in [3.8, 4) is 0 Å². The number of ketones is 1. The Morgan fingerprint density at radius 3 is 2.21 bits per heavy atom. The van der Waals surface area contributed by atoms with Crippen LogP contribution in [0.4, 0.5) is 26.3 Å². The molecule has 7 nitrogen and oxygen atoms in total. The van der Waals surface area contributed by atoms with E-state index in [1.165, 1.54) is 6.92 Å². The maximum absolute atomic E-state index is 14.5. The van der Waals surface area contributed by atoms with Gasteiger partial charge < -0.3 is 10.0 Å². The number of aliphatic carboxylic acids is 1. The molecule has 1 spiro atoms. The second-order valence-corrected chi connectivity index (χ2v) is 12.9. The number of carbonyl (C=O) groups is 3. The zero-order chi connectivity index (χ0) is 31.5. The van der Waals surface area contributed by atoms with Gasteiger partial charge >= 0.3 is 18.3 Å². The highest BCUT2D eigenvalue weighted by Crippen LogP contribution is 2.63. The summed E-state index contributed by atoms with van der Waals surface area (Å²) in [4.78, 5) is 39.6. The van der Waals surface area contributed by atoms with Crippen LogP contribution in [0.3, 0.4) is 0 Å². The maximum Gasteiger partial charge on any atom is 0.433 e. The highest BCUT2D eigenvalue weighted by atomic mass is 35.5. The van der Waals surface area contributed by atoms with E-state index in [4.69, 9.17) is 11.6 Å². The summed E-state index contributed by atoms with van der Waals surface area (Å²) in [5.41, 5.74) is -5.23. The van der Waals surface area contributed by atoms with Crippen LogP contribution in [0, 0.1) is 16.7 Å². The van der Waals surface area contributed by atoms with Gasteiger partial charge in [0.15, 0.2) is 11.5 Å². The Balaban J connectivity index is 1.46. The van der Waals surface area contributed by atoms with Crippen LogP contribution in [0.25, 0.3) is 0 Å². The number of carboxylic acids is 1. The summed E-state index contributed by atoms with van der Waals surface area (Å²) in [6.45, 7) is 0.511. The third-order valence-corrected chi connectivity index (χ3v) is 9.63. The molecule has 43 heavy (non-hydrogen) atoms. The van der Waals surface area contributed by atoms with Gasteiger partial charge in [0, 0.05) is 6.54 Å². The van der Waals surface area contributed by atoms with Crippen LogP contribution in [0.15, 0.2) is 24.4 Å². The molecule has 234 valence electrons. The molecule has 1 heterocycles. The number of rotatable bonds is 8. The van der Waals surface area contributed by atoms with Crippen LogP contribution < -0.4 is 0 Å². The lowest BCUT2D eigenvalue weighted by molar-refractivity contribution is -0.152. The Labute approximate surface area is 248 Å². The molecule has 0 unspecified atom stereocenters. The number of Topliss-reactive ketones (excluding diaryl/α,β-unsaturated/α-hetero) is 1. The minimum absolute atomic E-state index is 0.0836. The molecule has 1 N–H and O–H groups in total. The molecule has 3 fully saturated rings. The maximum atomic E-state index is 14.5. The molecule has 5 rings (SSSR count). The number of amides is 1. The molecule has 1 amide bonds. The van der Waals surface area contributed by atoms with E-state index in [-0.39, 0.29) is 43.6 Å². The van der Waals surface area contributed by atoms with Gasteiger partial charge in [-0.05, 0) is 81.8 Å². The fourth-order valence-electron chi connectivity index (χ4n) is 6.65. The molecular formula is C29H30ClF6N3O4. The first kappa shape index (κ1) is 31.3. The van der Waals surface area contributed by atoms with Crippen molar-refractivity contribution in [2.24, 2.45) is 16.7 Å². The van der Waals surface area contributed by atoms with Gasteiger partial charge in [0.05, 0.1) is 45.9 Å². The summed E-state index contributed by atoms with van der Waals surface area (Å²) in [7, 11) is 0. The van der Waals surface area contributed by atoms with Crippen LogP contribution >= 0.6 is 11.6 Å². The normalized spacial score (nSPS) is 23.6. The van der Waals surface area contributed by atoms with Gasteiger partial charge in [-0.1, -0.05) is 17.7 Å². The van der Waals surface area contributed by atoms with Crippen molar-refractivity contribution in [1.29, 1.82) is 0 Å². The first-order chi connectivity index (χ1) is 19.9. The van der Waals surface area contributed by atoms with E-state index in [0.29, 0.717) is 23.6 Å². The lowest BCUT2D eigenvalue weighted by Crippen LogP contribution is -2.43. The van der Waals surface area contributed by atoms with E-state index < -0.39 is 75.4 Å². The van der Waals surface area contributed by atoms with Crippen LogP contribution in [0.1, 0.15) is 96.3 Å². The average Bonchev–Trinajstić information content (AvgIpc) is 3.55. The van der Waals surface area contributed by atoms with Gasteiger partial charge in [0.2, 0.25) is 0 Å². The fraction of sp³-hybridized carbons (Fsp3) is 0.586.